The number of hydrogen-bond acceptors (Lipinski definition) is 5. The molecule has 0 radical (unpaired) electrons. The second-order valence-electron chi connectivity index (χ2n) is 7.45. The quantitative estimate of drug-likeness (QED) is 0.876. The van der Waals surface area contributed by atoms with E-state index < -0.39 is 11.4 Å². The maximum Gasteiger partial charge on any atom is 0.313 e. The summed E-state index contributed by atoms with van der Waals surface area (Å²) in [7, 11) is 1.82. The molecular formula is C18H22N4O4. The van der Waals surface area contributed by atoms with Gasteiger partial charge in [0.1, 0.15) is 11.1 Å². The van der Waals surface area contributed by atoms with Gasteiger partial charge in [-0.05, 0) is 19.1 Å². The van der Waals surface area contributed by atoms with Gasteiger partial charge in [-0.15, -0.1) is 0 Å². The van der Waals surface area contributed by atoms with E-state index in [4.69, 9.17) is 4.52 Å². The first kappa shape index (κ1) is 16.8. The van der Waals surface area contributed by atoms with E-state index in [1.165, 1.54) is 0 Å². The Hall–Kier alpha value is -2.61. The maximum atomic E-state index is 12.8. The van der Waals surface area contributed by atoms with Gasteiger partial charge >= 0.3 is 5.97 Å². The summed E-state index contributed by atoms with van der Waals surface area (Å²) in [5.41, 5.74) is 0.474. The summed E-state index contributed by atoms with van der Waals surface area (Å²) in [5.74, 6) is -0.293. The number of carbonyl (C=O) groups is 2. The lowest BCUT2D eigenvalue weighted by Crippen LogP contribution is -2.42. The van der Waals surface area contributed by atoms with Gasteiger partial charge in [-0.1, -0.05) is 5.16 Å². The van der Waals surface area contributed by atoms with E-state index in [2.05, 4.69) is 10.1 Å². The van der Waals surface area contributed by atoms with E-state index in [-0.39, 0.29) is 18.4 Å². The van der Waals surface area contributed by atoms with Gasteiger partial charge in [-0.2, -0.15) is 0 Å². The van der Waals surface area contributed by atoms with Crippen molar-refractivity contribution in [2.75, 3.05) is 26.2 Å². The average molecular weight is 358 g/mol. The molecule has 8 nitrogen and oxygen atoms in total. The van der Waals surface area contributed by atoms with Crippen LogP contribution in [0.2, 0.25) is 0 Å². The van der Waals surface area contributed by atoms with Gasteiger partial charge in [0.2, 0.25) is 0 Å². The fourth-order valence-electron chi connectivity index (χ4n) is 4.30. The molecule has 2 saturated heterocycles. The summed E-state index contributed by atoms with van der Waals surface area (Å²) in [6.07, 6.45) is 1.82. The molecule has 8 heteroatoms. The van der Waals surface area contributed by atoms with Crippen LogP contribution in [0.4, 0.5) is 0 Å². The first-order chi connectivity index (χ1) is 12.4. The zero-order chi connectivity index (χ0) is 18.5. The minimum atomic E-state index is -0.921. The summed E-state index contributed by atoms with van der Waals surface area (Å²) in [4.78, 5) is 28.7. The minimum Gasteiger partial charge on any atom is -0.481 e. The molecule has 2 aromatic heterocycles. The van der Waals surface area contributed by atoms with Gasteiger partial charge in [0.15, 0.2) is 5.76 Å². The van der Waals surface area contributed by atoms with Crippen LogP contribution in [-0.4, -0.2) is 62.7 Å². The molecule has 2 aromatic rings. The first-order valence-electron chi connectivity index (χ1n) is 8.67. The zero-order valence-corrected chi connectivity index (χ0v) is 14.9. The van der Waals surface area contributed by atoms with Crippen molar-refractivity contribution in [3.05, 3.63) is 41.5 Å². The Morgan fingerprint density at radius 1 is 1.38 bits per heavy atom. The molecule has 2 aliphatic heterocycles. The largest absolute Gasteiger partial charge is 0.481 e. The molecule has 26 heavy (non-hydrogen) atoms. The highest BCUT2D eigenvalue weighted by Gasteiger charge is 2.58. The van der Waals surface area contributed by atoms with Crippen molar-refractivity contribution in [1.29, 1.82) is 0 Å². The summed E-state index contributed by atoms with van der Waals surface area (Å²) < 4.78 is 7.02. The zero-order valence-electron chi connectivity index (χ0n) is 14.9. The van der Waals surface area contributed by atoms with Gasteiger partial charge in [0.25, 0.3) is 5.91 Å². The molecule has 0 bridgehead atoms. The van der Waals surface area contributed by atoms with E-state index >= 15 is 0 Å². The molecule has 1 N–H and O–H groups in total. The lowest BCUT2D eigenvalue weighted by Gasteiger charge is -2.25. The van der Waals surface area contributed by atoms with Crippen LogP contribution in [0.1, 0.15) is 21.9 Å². The number of hydrogen-bond donors (Lipinski definition) is 1. The molecule has 4 rings (SSSR count). The number of aromatic nitrogens is 2. The van der Waals surface area contributed by atoms with Gasteiger partial charge < -0.3 is 19.1 Å². The number of aryl methyl sites for hydroxylation is 2. The van der Waals surface area contributed by atoms with Crippen molar-refractivity contribution in [3.8, 4) is 0 Å². The lowest BCUT2D eigenvalue weighted by atomic mass is 9.81. The van der Waals surface area contributed by atoms with E-state index in [0.717, 1.165) is 11.5 Å². The summed E-state index contributed by atoms with van der Waals surface area (Å²) in [5, 5.41) is 13.8. The van der Waals surface area contributed by atoms with E-state index in [1.54, 1.807) is 15.5 Å². The Labute approximate surface area is 151 Å². The van der Waals surface area contributed by atoms with Crippen molar-refractivity contribution in [2.45, 2.75) is 13.5 Å². The van der Waals surface area contributed by atoms with Crippen LogP contribution < -0.4 is 0 Å². The standard InChI is InChI=1S/C18H22N4O4/c1-12-6-14(26-19-12)9-21-7-13-8-22(11-18(13,10-21)17(24)25)16(23)15-4-3-5-20(15)2/h3-6,13H,7-11H2,1-2H3,(H,24,25)/t13-,18-/m1/s1. The molecule has 2 atom stereocenters. The fraction of sp³-hybridized carbons (Fsp3) is 0.500. The highest BCUT2D eigenvalue weighted by Crippen LogP contribution is 2.43. The van der Waals surface area contributed by atoms with Gasteiger partial charge in [0, 0.05) is 51.4 Å². The number of carboxylic acids is 1. The molecule has 1 amide bonds. The van der Waals surface area contributed by atoms with Gasteiger partial charge in [-0.25, -0.2) is 0 Å². The monoisotopic (exact) mass is 358 g/mol. The Kier molecular flexibility index (Phi) is 3.87. The van der Waals surface area contributed by atoms with Gasteiger partial charge in [0.05, 0.1) is 12.2 Å². The Morgan fingerprint density at radius 3 is 2.77 bits per heavy atom. The number of rotatable bonds is 4. The van der Waals surface area contributed by atoms with Crippen LogP contribution >= 0.6 is 0 Å². The predicted molar refractivity (Wildman–Crippen MR) is 91.4 cm³/mol. The predicted octanol–water partition coefficient (Wildman–Crippen LogP) is 0.980. The molecule has 2 aliphatic rings. The van der Waals surface area contributed by atoms with Crippen LogP contribution in [0.3, 0.4) is 0 Å². The third-order valence-electron chi connectivity index (χ3n) is 5.61. The number of amides is 1. The summed E-state index contributed by atoms with van der Waals surface area (Å²) in [6, 6.07) is 5.45. The number of likely N-dealkylation sites (tertiary alicyclic amines) is 2. The van der Waals surface area contributed by atoms with Crippen LogP contribution in [0.25, 0.3) is 0 Å². The molecule has 2 fully saturated rings. The van der Waals surface area contributed by atoms with Crippen molar-refractivity contribution >= 4 is 11.9 Å². The van der Waals surface area contributed by atoms with E-state index in [1.807, 2.05) is 32.3 Å². The summed E-state index contributed by atoms with van der Waals surface area (Å²) >= 11 is 0. The molecule has 4 heterocycles. The maximum absolute atomic E-state index is 12.8. The van der Waals surface area contributed by atoms with Crippen LogP contribution in [-0.2, 0) is 18.4 Å². The second-order valence-corrected chi connectivity index (χ2v) is 7.45. The van der Waals surface area contributed by atoms with Crippen LogP contribution in [0.15, 0.2) is 28.9 Å². The Morgan fingerprint density at radius 2 is 2.19 bits per heavy atom. The topological polar surface area (TPSA) is 91.8 Å². The Balaban J connectivity index is 1.51. The average Bonchev–Trinajstić information content (AvgIpc) is 3.31. The van der Waals surface area contributed by atoms with Gasteiger partial charge in [-0.3, -0.25) is 14.5 Å². The number of carbonyl (C=O) groups excluding carboxylic acids is 1. The number of aliphatic carboxylic acids is 1. The molecule has 0 unspecified atom stereocenters. The highest BCUT2D eigenvalue weighted by molar-refractivity contribution is 5.94. The number of nitrogens with zero attached hydrogens (tertiary/aromatic N) is 4. The normalized spacial score (nSPS) is 25.6. The SMILES string of the molecule is Cc1cc(CN2C[C@@H]3CN(C(=O)c4cccn4C)C[C@]3(C(=O)O)C2)on1. The van der Waals surface area contributed by atoms with Crippen molar-refractivity contribution < 1.29 is 19.2 Å². The first-order valence-corrected chi connectivity index (χ1v) is 8.67. The smallest absolute Gasteiger partial charge is 0.313 e. The summed E-state index contributed by atoms with van der Waals surface area (Å²) in [6.45, 7) is 4.13. The fourth-order valence-corrected chi connectivity index (χ4v) is 4.30. The molecular weight excluding hydrogens is 336 g/mol. The Bertz CT molecular complexity index is 857. The minimum absolute atomic E-state index is 0.0896. The van der Waals surface area contributed by atoms with E-state index in [9.17, 15) is 14.7 Å². The molecule has 0 spiro atoms. The lowest BCUT2D eigenvalue weighted by molar-refractivity contribution is -0.148. The highest BCUT2D eigenvalue weighted by atomic mass is 16.5. The third-order valence-corrected chi connectivity index (χ3v) is 5.61. The molecule has 0 aromatic carbocycles. The van der Waals surface area contributed by atoms with Crippen LogP contribution in [0, 0.1) is 18.3 Å². The molecule has 138 valence electrons. The van der Waals surface area contributed by atoms with E-state index in [0.29, 0.717) is 31.9 Å². The number of fused-ring (bicyclic) bond motifs is 1. The van der Waals surface area contributed by atoms with Crippen molar-refractivity contribution in [2.24, 2.45) is 18.4 Å². The molecule has 0 saturated carbocycles. The molecule has 0 aliphatic carbocycles. The second kappa shape index (κ2) is 5.98. The van der Waals surface area contributed by atoms with Crippen molar-refractivity contribution in [3.63, 3.8) is 0 Å². The van der Waals surface area contributed by atoms with Crippen LogP contribution in [0.5, 0.6) is 0 Å². The number of carboxylic acid groups (broad SMARTS) is 1. The third kappa shape index (κ3) is 2.61. The van der Waals surface area contributed by atoms with Crippen molar-refractivity contribution in [1.82, 2.24) is 19.5 Å².